The van der Waals surface area contributed by atoms with E-state index < -0.39 is 48.2 Å². The van der Waals surface area contributed by atoms with Crippen molar-refractivity contribution in [2.75, 3.05) is 0 Å². The lowest BCUT2D eigenvalue weighted by Crippen LogP contribution is -2.56. The maximum Gasteiger partial charge on any atom is 0.342 e. The summed E-state index contributed by atoms with van der Waals surface area (Å²) in [5.41, 5.74) is -0.0996. The highest BCUT2D eigenvalue weighted by molar-refractivity contribution is 5.93. The van der Waals surface area contributed by atoms with Crippen LogP contribution in [0.4, 0.5) is 0 Å². The predicted molar refractivity (Wildman–Crippen MR) is 80.7 cm³/mol. The number of benzene rings is 1. The van der Waals surface area contributed by atoms with Gasteiger partial charge in [-0.05, 0) is 12.1 Å². The molecule has 9 heteroatoms. The van der Waals surface area contributed by atoms with Gasteiger partial charge in [-0.15, -0.1) is 0 Å². The lowest BCUT2D eigenvalue weighted by Gasteiger charge is -2.38. The molecule has 2 rings (SSSR count). The summed E-state index contributed by atoms with van der Waals surface area (Å²) in [6.07, 6.45) is -6.85. The minimum Gasteiger partial charge on any atom is -0.481 e. The molecule has 5 atom stereocenters. The molecule has 0 amide bonds. The van der Waals surface area contributed by atoms with Crippen molar-refractivity contribution in [2.45, 2.75) is 37.8 Å². The number of para-hydroxylation sites is 1. The Morgan fingerprint density at radius 2 is 1.68 bits per heavy atom. The number of hydrogen-bond acceptors (Lipinski definition) is 8. The molecule has 0 aliphatic heterocycles. The van der Waals surface area contributed by atoms with E-state index in [1.54, 1.807) is 0 Å². The van der Waals surface area contributed by atoms with Gasteiger partial charge in [0.05, 0.1) is 12.0 Å². The summed E-state index contributed by atoms with van der Waals surface area (Å²) in [6.45, 7) is 1.15. The van der Waals surface area contributed by atoms with Gasteiger partial charge in [0.2, 0.25) is 0 Å². The molecule has 25 heavy (non-hydrogen) atoms. The van der Waals surface area contributed by atoms with Crippen LogP contribution >= 0.6 is 0 Å². The van der Waals surface area contributed by atoms with Crippen LogP contribution in [-0.4, -0.2) is 62.7 Å². The third-order valence-corrected chi connectivity index (χ3v) is 3.92. The second-order valence-electron chi connectivity index (χ2n) is 5.69. The van der Waals surface area contributed by atoms with E-state index in [0.29, 0.717) is 0 Å². The molecule has 0 saturated heterocycles. The Hall–Kier alpha value is -2.49. The Bertz CT molecular complexity index is 671. The average molecular weight is 354 g/mol. The molecule has 1 aliphatic rings. The van der Waals surface area contributed by atoms with Crippen LogP contribution in [-0.2, 0) is 14.3 Å². The first kappa shape index (κ1) is 18.8. The lowest BCUT2D eigenvalue weighted by atomic mass is 9.81. The molecule has 0 aromatic heterocycles. The van der Waals surface area contributed by atoms with Gasteiger partial charge in [0.15, 0.2) is 0 Å². The second kappa shape index (κ2) is 7.60. The van der Waals surface area contributed by atoms with Crippen molar-refractivity contribution in [1.29, 1.82) is 0 Å². The van der Waals surface area contributed by atoms with Crippen LogP contribution < -0.4 is 4.74 Å². The van der Waals surface area contributed by atoms with Crippen LogP contribution in [0, 0.1) is 5.92 Å². The molecule has 1 fully saturated rings. The fraction of sp³-hybridized carbons (Fsp3) is 0.438. The molecule has 0 spiro atoms. The third kappa shape index (κ3) is 4.13. The number of carbonyl (C=O) groups is 3. The van der Waals surface area contributed by atoms with Crippen molar-refractivity contribution in [2.24, 2.45) is 5.92 Å². The monoisotopic (exact) mass is 354 g/mol. The van der Waals surface area contributed by atoms with Gasteiger partial charge in [0.1, 0.15) is 29.6 Å². The lowest BCUT2D eigenvalue weighted by molar-refractivity contribution is -0.178. The van der Waals surface area contributed by atoms with E-state index in [2.05, 4.69) is 0 Å². The van der Waals surface area contributed by atoms with Crippen LogP contribution in [0.15, 0.2) is 24.3 Å². The van der Waals surface area contributed by atoms with Gasteiger partial charge in [-0.3, -0.25) is 9.59 Å². The molecule has 0 heterocycles. The maximum absolute atomic E-state index is 12.3. The van der Waals surface area contributed by atoms with Gasteiger partial charge >= 0.3 is 17.9 Å². The van der Waals surface area contributed by atoms with Crippen LogP contribution in [0.2, 0.25) is 0 Å². The Labute approximate surface area is 142 Å². The number of carboxylic acids is 1. The molecule has 0 bridgehead atoms. The standard InChI is InChI=1S/C16H18O9/c1-7(17)24-10-5-3-2-4-8(10)16(23)25-11-6-9(15(21)22)12(18)14(20)13(11)19/h2-5,9,11-14,18-20H,6H2,1H3,(H,21,22)/t9?,11-,12?,13-,14-/m1/s1. The smallest absolute Gasteiger partial charge is 0.342 e. The minimum atomic E-state index is -1.78. The van der Waals surface area contributed by atoms with Crippen LogP contribution in [0.25, 0.3) is 0 Å². The van der Waals surface area contributed by atoms with Crippen molar-refractivity contribution < 1.29 is 44.3 Å². The molecule has 0 radical (unpaired) electrons. The van der Waals surface area contributed by atoms with Crippen molar-refractivity contribution in [3.05, 3.63) is 29.8 Å². The topological polar surface area (TPSA) is 151 Å². The van der Waals surface area contributed by atoms with Gasteiger partial charge in [-0.25, -0.2) is 4.79 Å². The van der Waals surface area contributed by atoms with E-state index in [0.717, 1.165) is 6.92 Å². The molecular formula is C16H18O9. The molecular weight excluding hydrogens is 336 g/mol. The first-order chi connectivity index (χ1) is 11.7. The summed E-state index contributed by atoms with van der Waals surface area (Å²) in [5.74, 6) is -4.46. The summed E-state index contributed by atoms with van der Waals surface area (Å²) in [5, 5.41) is 38.5. The number of hydrogen-bond donors (Lipinski definition) is 4. The first-order valence-electron chi connectivity index (χ1n) is 7.47. The first-order valence-corrected chi connectivity index (χ1v) is 7.47. The predicted octanol–water partition coefficient (Wildman–Crippen LogP) is -0.676. The van der Waals surface area contributed by atoms with Crippen LogP contribution in [0.3, 0.4) is 0 Å². The van der Waals surface area contributed by atoms with E-state index in [1.807, 2.05) is 0 Å². The normalized spacial score (nSPS) is 28.9. The second-order valence-corrected chi connectivity index (χ2v) is 5.69. The largest absolute Gasteiger partial charge is 0.481 e. The number of esters is 2. The third-order valence-electron chi connectivity index (χ3n) is 3.92. The average Bonchev–Trinajstić information content (AvgIpc) is 2.54. The van der Waals surface area contributed by atoms with E-state index in [1.165, 1.54) is 24.3 Å². The summed E-state index contributed by atoms with van der Waals surface area (Å²) >= 11 is 0. The van der Waals surface area contributed by atoms with Crippen LogP contribution in [0.1, 0.15) is 23.7 Å². The number of aliphatic hydroxyl groups excluding tert-OH is 3. The highest BCUT2D eigenvalue weighted by Crippen LogP contribution is 2.29. The highest BCUT2D eigenvalue weighted by atomic mass is 16.6. The van der Waals surface area contributed by atoms with Gasteiger partial charge in [0, 0.05) is 13.3 Å². The molecule has 2 unspecified atom stereocenters. The molecule has 1 saturated carbocycles. The molecule has 1 aliphatic carbocycles. The fourth-order valence-corrected chi connectivity index (χ4v) is 2.63. The highest BCUT2D eigenvalue weighted by Gasteiger charge is 2.47. The Kier molecular flexibility index (Phi) is 5.73. The number of carboxylic acid groups (broad SMARTS) is 1. The van der Waals surface area contributed by atoms with Gasteiger partial charge < -0.3 is 29.9 Å². The van der Waals surface area contributed by atoms with Gasteiger partial charge in [0.25, 0.3) is 0 Å². The zero-order valence-corrected chi connectivity index (χ0v) is 13.2. The SMILES string of the molecule is CC(=O)Oc1ccccc1C(=O)O[C@@H]1CC(C(=O)O)C(O)[C@@H](O)[C@@H]1O. The zero-order chi connectivity index (χ0) is 18.7. The zero-order valence-electron chi connectivity index (χ0n) is 13.2. The quantitative estimate of drug-likeness (QED) is 0.407. The van der Waals surface area contributed by atoms with E-state index in [9.17, 15) is 29.7 Å². The number of rotatable bonds is 4. The van der Waals surface area contributed by atoms with Gasteiger partial charge in [-0.1, -0.05) is 12.1 Å². The Morgan fingerprint density at radius 3 is 2.28 bits per heavy atom. The summed E-state index contributed by atoms with van der Waals surface area (Å²) in [4.78, 5) is 34.5. The van der Waals surface area contributed by atoms with Crippen molar-refractivity contribution >= 4 is 17.9 Å². The molecule has 1 aromatic carbocycles. The number of aliphatic hydroxyl groups is 3. The molecule has 136 valence electrons. The summed E-state index contributed by atoms with van der Waals surface area (Å²) in [6, 6.07) is 5.73. The molecule has 9 nitrogen and oxygen atoms in total. The molecule has 1 aromatic rings. The molecule has 4 N–H and O–H groups in total. The van der Waals surface area contributed by atoms with Crippen molar-refractivity contribution in [3.8, 4) is 5.75 Å². The van der Waals surface area contributed by atoms with E-state index >= 15 is 0 Å². The minimum absolute atomic E-state index is 0.0549. The Morgan fingerprint density at radius 1 is 1.04 bits per heavy atom. The van der Waals surface area contributed by atoms with Crippen LogP contribution in [0.5, 0.6) is 5.75 Å². The van der Waals surface area contributed by atoms with E-state index in [-0.39, 0.29) is 17.7 Å². The number of aliphatic carboxylic acids is 1. The number of carbonyl (C=O) groups excluding carboxylic acids is 2. The van der Waals surface area contributed by atoms with Gasteiger partial charge in [-0.2, -0.15) is 0 Å². The Balaban J connectivity index is 2.19. The van der Waals surface area contributed by atoms with Crippen molar-refractivity contribution in [3.63, 3.8) is 0 Å². The maximum atomic E-state index is 12.3. The van der Waals surface area contributed by atoms with E-state index in [4.69, 9.17) is 14.6 Å². The summed E-state index contributed by atoms with van der Waals surface area (Å²) in [7, 11) is 0. The fourth-order valence-electron chi connectivity index (χ4n) is 2.63. The van der Waals surface area contributed by atoms with Crippen molar-refractivity contribution in [1.82, 2.24) is 0 Å². The summed E-state index contributed by atoms with van der Waals surface area (Å²) < 4.78 is 9.99. The number of ether oxygens (including phenoxy) is 2.